The maximum absolute atomic E-state index is 12.3. The summed E-state index contributed by atoms with van der Waals surface area (Å²) in [6, 6.07) is 5.06. The van der Waals surface area contributed by atoms with Gasteiger partial charge >= 0.3 is 6.18 Å². The molecule has 0 saturated heterocycles. The van der Waals surface area contributed by atoms with Crippen molar-refractivity contribution in [1.29, 1.82) is 0 Å². The summed E-state index contributed by atoms with van der Waals surface area (Å²) in [6.45, 7) is 0.373. The fraction of sp³-hybridized carbons (Fsp3) is 0.455. The molecule has 18 heavy (non-hydrogen) atoms. The fourth-order valence-corrected chi connectivity index (χ4v) is 1.54. The number of likely N-dealkylation sites (N-methyl/N-ethyl adjacent to an activating group) is 1. The average Bonchev–Trinajstić information content (AvgIpc) is 2.17. The highest BCUT2D eigenvalue weighted by Gasteiger charge is 2.30. The van der Waals surface area contributed by atoms with Crippen molar-refractivity contribution in [2.45, 2.75) is 12.2 Å². The van der Waals surface area contributed by atoms with Gasteiger partial charge in [0.15, 0.2) is 0 Å². The Kier molecular flexibility index (Phi) is 8.64. The molecule has 0 aliphatic rings. The van der Waals surface area contributed by atoms with Crippen molar-refractivity contribution in [2.24, 2.45) is 5.73 Å². The van der Waals surface area contributed by atoms with Crippen LogP contribution in [0.4, 0.5) is 13.2 Å². The number of alkyl halides is 3. The number of nitrogens with two attached hydrogens (primary N) is 1. The molecule has 0 aliphatic carbocycles. The normalized spacial score (nSPS) is 12.6. The molecule has 106 valence electrons. The number of hydrogen-bond donors (Lipinski definition) is 1. The zero-order valence-electron chi connectivity index (χ0n) is 10.1. The van der Waals surface area contributed by atoms with Crippen LogP contribution in [0.5, 0.6) is 0 Å². The number of nitrogens with zero attached hydrogens (tertiary/aromatic N) is 1. The molecule has 0 radical (unpaired) electrons. The molecular formula is C11H17Cl2F3N2. The molecule has 0 fully saturated rings. The predicted molar refractivity (Wildman–Crippen MR) is 71.4 cm³/mol. The van der Waals surface area contributed by atoms with E-state index in [4.69, 9.17) is 5.73 Å². The first-order chi connectivity index (χ1) is 7.36. The van der Waals surface area contributed by atoms with Gasteiger partial charge in [-0.25, -0.2) is 0 Å². The predicted octanol–water partition coefficient (Wildman–Crippen LogP) is 3.11. The Balaban J connectivity index is 0. The van der Waals surface area contributed by atoms with Crippen LogP contribution < -0.4 is 5.73 Å². The number of rotatable bonds is 3. The van der Waals surface area contributed by atoms with Gasteiger partial charge in [-0.2, -0.15) is 13.2 Å². The summed E-state index contributed by atoms with van der Waals surface area (Å²) in [5, 5.41) is 0. The van der Waals surface area contributed by atoms with Crippen molar-refractivity contribution in [1.82, 2.24) is 4.90 Å². The van der Waals surface area contributed by atoms with Crippen molar-refractivity contribution in [3.05, 3.63) is 35.4 Å². The van der Waals surface area contributed by atoms with E-state index >= 15 is 0 Å². The molecule has 2 N–H and O–H groups in total. The van der Waals surface area contributed by atoms with Gasteiger partial charge < -0.3 is 10.6 Å². The first-order valence-electron chi connectivity index (χ1n) is 4.90. The summed E-state index contributed by atoms with van der Waals surface area (Å²) >= 11 is 0. The third-order valence-corrected chi connectivity index (χ3v) is 2.47. The van der Waals surface area contributed by atoms with E-state index in [9.17, 15) is 13.2 Å². The molecule has 2 nitrogen and oxygen atoms in total. The smallest absolute Gasteiger partial charge is 0.329 e. The molecule has 1 atom stereocenters. The Bertz CT molecular complexity index is 339. The third kappa shape index (κ3) is 5.02. The van der Waals surface area contributed by atoms with Crippen LogP contribution in [0.1, 0.15) is 17.2 Å². The van der Waals surface area contributed by atoms with Gasteiger partial charge in [-0.15, -0.1) is 24.8 Å². The van der Waals surface area contributed by atoms with Crippen LogP contribution in [-0.2, 0) is 6.18 Å². The van der Waals surface area contributed by atoms with Crippen molar-refractivity contribution in [3.63, 3.8) is 0 Å². The van der Waals surface area contributed by atoms with E-state index in [2.05, 4.69) is 0 Å². The molecule has 0 saturated carbocycles. The lowest BCUT2D eigenvalue weighted by molar-refractivity contribution is -0.137. The minimum atomic E-state index is -4.28. The Hall–Kier alpha value is -0.490. The van der Waals surface area contributed by atoms with Gasteiger partial charge in [0.1, 0.15) is 0 Å². The van der Waals surface area contributed by atoms with E-state index in [1.807, 2.05) is 19.0 Å². The van der Waals surface area contributed by atoms with E-state index < -0.39 is 11.7 Å². The minimum Gasteiger partial charge on any atom is -0.329 e. The molecule has 1 aromatic carbocycles. The van der Waals surface area contributed by atoms with E-state index in [1.54, 1.807) is 0 Å². The number of halogens is 5. The molecule has 0 amide bonds. The molecule has 7 heteroatoms. The Labute approximate surface area is 117 Å². The summed E-state index contributed by atoms with van der Waals surface area (Å²) in [5.74, 6) is 0. The van der Waals surface area contributed by atoms with Crippen molar-refractivity contribution in [2.75, 3.05) is 20.6 Å². The maximum Gasteiger partial charge on any atom is 0.416 e. The van der Waals surface area contributed by atoms with Gasteiger partial charge in [0, 0.05) is 12.6 Å². The number of benzene rings is 1. The van der Waals surface area contributed by atoms with Gasteiger partial charge in [0.25, 0.3) is 0 Å². The summed E-state index contributed by atoms with van der Waals surface area (Å²) in [7, 11) is 3.68. The van der Waals surface area contributed by atoms with Crippen LogP contribution >= 0.6 is 24.8 Å². The molecule has 0 unspecified atom stereocenters. The summed E-state index contributed by atoms with van der Waals surface area (Å²) in [5.41, 5.74) is 5.72. The second kappa shape index (κ2) is 7.84. The number of hydrogen-bond acceptors (Lipinski definition) is 2. The quantitative estimate of drug-likeness (QED) is 0.930. The average molecular weight is 305 g/mol. The van der Waals surface area contributed by atoms with Crippen molar-refractivity contribution >= 4 is 24.8 Å². The van der Waals surface area contributed by atoms with Crippen molar-refractivity contribution in [3.8, 4) is 0 Å². The first kappa shape index (κ1) is 19.8. The van der Waals surface area contributed by atoms with E-state index in [0.29, 0.717) is 6.54 Å². The van der Waals surface area contributed by atoms with Gasteiger partial charge in [0.2, 0.25) is 0 Å². The van der Waals surface area contributed by atoms with Gasteiger partial charge in [0.05, 0.1) is 5.56 Å². The minimum absolute atomic E-state index is 0. The molecule has 0 bridgehead atoms. The zero-order chi connectivity index (χ0) is 12.3. The SMILES string of the molecule is CN(C)[C@@H](CN)c1ccc(C(F)(F)F)cc1.Cl.Cl. The second-order valence-corrected chi connectivity index (χ2v) is 3.83. The Morgan fingerprint density at radius 3 is 1.83 bits per heavy atom. The molecule has 0 spiro atoms. The molecular weight excluding hydrogens is 288 g/mol. The summed E-state index contributed by atoms with van der Waals surface area (Å²) in [6.07, 6.45) is -4.28. The van der Waals surface area contributed by atoms with Crippen LogP contribution in [0.25, 0.3) is 0 Å². The first-order valence-corrected chi connectivity index (χ1v) is 4.90. The molecule has 1 aromatic rings. The zero-order valence-corrected chi connectivity index (χ0v) is 11.7. The molecule has 0 aliphatic heterocycles. The summed E-state index contributed by atoms with van der Waals surface area (Å²) in [4.78, 5) is 1.88. The molecule has 0 heterocycles. The second-order valence-electron chi connectivity index (χ2n) is 3.83. The molecule has 0 aromatic heterocycles. The standard InChI is InChI=1S/C11H15F3N2.2ClH/c1-16(2)10(7-15)8-3-5-9(6-4-8)11(12,13)14;;/h3-6,10H,7,15H2,1-2H3;2*1H/t10-;;/m0../s1. The van der Waals surface area contributed by atoms with Crippen LogP contribution in [0.15, 0.2) is 24.3 Å². The van der Waals surface area contributed by atoms with Crippen molar-refractivity contribution < 1.29 is 13.2 Å². The highest BCUT2D eigenvalue weighted by atomic mass is 35.5. The lowest BCUT2D eigenvalue weighted by Gasteiger charge is -2.23. The van der Waals surface area contributed by atoms with E-state index in [1.165, 1.54) is 12.1 Å². The van der Waals surface area contributed by atoms with Gasteiger partial charge in [-0.05, 0) is 31.8 Å². The topological polar surface area (TPSA) is 29.3 Å². The lowest BCUT2D eigenvalue weighted by Crippen LogP contribution is -2.27. The maximum atomic E-state index is 12.3. The van der Waals surface area contributed by atoms with Crippen LogP contribution in [-0.4, -0.2) is 25.5 Å². The summed E-state index contributed by atoms with van der Waals surface area (Å²) < 4.78 is 37.0. The Morgan fingerprint density at radius 1 is 1.11 bits per heavy atom. The largest absolute Gasteiger partial charge is 0.416 e. The highest BCUT2D eigenvalue weighted by Crippen LogP contribution is 2.30. The lowest BCUT2D eigenvalue weighted by atomic mass is 10.0. The third-order valence-electron chi connectivity index (χ3n) is 2.47. The van der Waals surface area contributed by atoms with Gasteiger partial charge in [-0.3, -0.25) is 0 Å². The van der Waals surface area contributed by atoms with Crippen LogP contribution in [0.2, 0.25) is 0 Å². The van der Waals surface area contributed by atoms with Crippen LogP contribution in [0.3, 0.4) is 0 Å². The molecule has 1 rings (SSSR count). The van der Waals surface area contributed by atoms with Crippen LogP contribution in [0, 0.1) is 0 Å². The highest BCUT2D eigenvalue weighted by molar-refractivity contribution is 5.85. The Morgan fingerprint density at radius 2 is 1.56 bits per heavy atom. The van der Waals surface area contributed by atoms with E-state index in [-0.39, 0.29) is 30.9 Å². The van der Waals surface area contributed by atoms with E-state index in [0.717, 1.165) is 17.7 Å². The fourth-order valence-electron chi connectivity index (χ4n) is 1.54. The van der Waals surface area contributed by atoms with Gasteiger partial charge in [-0.1, -0.05) is 12.1 Å². The monoisotopic (exact) mass is 304 g/mol.